The Morgan fingerprint density at radius 3 is 2.06 bits per heavy atom. The average Bonchev–Trinajstić information content (AvgIpc) is 1.98. The van der Waals surface area contributed by atoms with E-state index in [1.54, 1.807) is 4.90 Å². The normalized spacial score (nSPS) is 11.8. The van der Waals surface area contributed by atoms with Gasteiger partial charge in [-0.2, -0.15) is 0 Å². The summed E-state index contributed by atoms with van der Waals surface area (Å²) in [5.41, 5.74) is -0.754. The first-order valence-electron chi connectivity index (χ1n) is 5.52. The van der Waals surface area contributed by atoms with Crippen molar-refractivity contribution < 1.29 is 9.53 Å². The van der Waals surface area contributed by atoms with Crippen molar-refractivity contribution >= 4 is 6.09 Å². The van der Waals surface area contributed by atoms with Crippen molar-refractivity contribution in [2.24, 2.45) is 0 Å². The Hall–Kier alpha value is -1.17. The van der Waals surface area contributed by atoms with Crippen LogP contribution in [0.2, 0.25) is 0 Å². The van der Waals surface area contributed by atoms with Crippen LogP contribution in [-0.2, 0) is 4.74 Å². The molecule has 0 aliphatic heterocycles. The second kappa shape index (κ2) is 5.25. The van der Waals surface area contributed by atoms with Crippen LogP contribution < -0.4 is 0 Å². The van der Waals surface area contributed by atoms with Crippen molar-refractivity contribution in [1.82, 2.24) is 4.90 Å². The highest BCUT2D eigenvalue weighted by Crippen LogP contribution is 2.18. The van der Waals surface area contributed by atoms with Crippen molar-refractivity contribution in [1.29, 1.82) is 0 Å². The molecular weight excluding hydrogens is 202 g/mol. The third kappa shape index (κ3) is 5.65. The number of carbonyl (C=O) groups excluding carboxylic acids is 1. The second-order valence-corrected chi connectivity index (χ2v) is 5.76. The SMILES string of the molecule is C#CCCN(C(=O)OC(C)(C)C)C(C)(C)C. The van der Waals surface area contributed by atoms with Crippen LogP contribution in [0, 0.1) is 12.3 Å². The van der Waals surface area contributed by atoms with Gasteiger partial charge in [-0.05, 0) is 41.5 Å². The van der Waals surface area contributed by atoms with Crippen molar-refractivity contribution in [2.75, 3.05) is 6.54 Å². The van der Waals surface area contributed by atoms with E-state index in [0.29, 0.717) is 13.0 Å². The van der Waals surface area contributed by atoms with Crippen LogP contribution in [0.3, 0.4) is 0 Å². The lowest BCUT2D eigenvalue weighted by molar-refractivity contribution is 0.00696. The predicted molar refractivity (Wildman–Crippen MR) is 66.1 cm³/mol. The van der Waals surface area contributed by atoms with E-state index in [0.717, 1.165) is 0 Å². The van der Waals surface area contributed by atoms with E-state index < -0.39 is 5.60 Å². The van der Waals surface area contributed by atoms with Crippen LogP contribution in [0.5, 0.6) is 0 Å². The monoisotopic (exact) mass is 225 g/mol. The number of rotatable bonds is 2. The number of amides is 1. The standard InChI is InChI=1S/C13H23NO2/c1-8-9-10-14(12(2,3)4)11(15)16-13(5,6)7/h1H,9-10H2,2-7H3. The Balaban J connectivity index is 4.66. The number of hydrogen-bond acceptors (Lipinski definition) is 2. The maximum Gasteiger partial charge on any atom is 0.410 e. The fourth-order valence-electron chi connectivity index (χ4n) is 1.19. The molecule has 0 aliphatic carbocycles. The fourth-order valence-corrected chi connectivity index (χ4v) is 1.19. The van der Waals surface area contributed by atoms with E-state index in [2.05, 4.69) is 5.92 Å². The Morgan fingerprint density at radius 1 is 1.25 bits per heavy atom. The Bertz CT molecular complexity index is 276. The molecule has 0 fully saturated rings. The summed E-state index contributed by atoms with van der Waals surface area (Å²) in [5, 5.41) is 0. The quantitative estimate of drug-likeness (QED) is 0.676. The van der Waals surface area contributed by atoms with Crippen molar-refractivity contribution in [3.05, 3.63) is 0 Å². The molecule has 0 aliphatic rings. The minimum Gasteiger partial charge on any atom is -0.444 e. The molecule has 92 valence electrons. The number of hydrogen-bond donors (Lipinski definition) is 0. The molecule has 0 N–H and O–H groups in total. The van der Waals surface area contributed by atoms with E-state index in [4.69, 9.17) is 11.2 Å². The summed E-state index contributed by atoms with van der Waals surface area (Å²) in [5.74, 6) is 2.54. The summed E-state index contributed by atoms with van der Waals surface area (Å²) < 4.78 is 5.34. The summed E-state index contributed by atoms with van der Waals surface area (Å²) >= 11 is 0. The van der Waals surface area contributed by atoms with Gasteiger partial charge < -0.3 is 9.64 Å². The Morgan fingerprint density at radius 2 is 1.75 bits per heavy atom. The van der Waals surface area contributed by atoms with Crippen LogP contribution in [-0.4, -0.2) is 28.7 Å². The highest BCUT2D eigenvalue weighted by atomic mass is 16.6. The lowest BCUT2D eigenvalue weighted by Gasteiger charge is -2.36. The molecule has 0 rings (SSSR count). The molecule has 16 heavy (non-hydrogen) atoms. The molecule has 0 atom stereocenters. The van der Waals surface area contributed by atoms with Crippen LogP contribution in [0.25, 0.3) is 0 Å². The van der Waals surface area contributed by atoms with Gasteiger partial charge in [0.25, 0.3) is 0 Å². The molecule has 0 aromatic heterocycles. The van der Waals surface area contributed by atoms with Crippen LogP contribution >= 0.6 is 0 Å². The predicted octanol–water partition coefficient (Wildman–Crippen LogP) is 3.05. The van der Waals surface area contributed by atoms with Crippen molar-refractivity contribution in [2.45, 2.75) is 59.1 Å². The molecule has 0 radical (unpaired) electrons. The number of nitrogens with zero attached hydrogens (tertiary/aromatic N) is 1. The molecule has 0 heterocycles. The van der Waals surface area contributed by atoms with Gasteiger partial charge in [0.15, 0.2) is 0 Å². The zero-order valence-electron chi connectivity index (χ0n) is 11.3. The second-order valence-electron chi connectivity index (χ2n) is 5.76. The molecule has 0 unspecified atom stereocenters. The molecule has 1 amide bonds. The van der Waals surface area contributed by atoms with Crippen LogP contribution in [0.4, 0.5) is 4.79 Å². The summed E-state index contributed by atoms with van der Waals surface area (Å²) in [6.45, 7) is 12.0. The molecule has 0 spiro atoms. The lowest BCUT2D eigenvalue weighted by atomic mass is 10.1. The van der Waals surface area contributed by atoms with Crippen LogP contribution in [0.15, 0.2) is 0 Å². The molecule has 0 bridgehead atoms. The molecule has 0 saturated heterocycles. The average molecular weight is 225 g/mol. The molecule has 0 saturated carbocycles. The van der Waals surface area contributed by atoms with E-state index in [9.17, 15) is 4.79 Å². The third-order valence-electron chi connectivity index (χ3n) is 1.90. The van der Waals surface area contributed by atoms with E-state index in [1.807, 2.05) is 41.5 Å². The largest absolute Gasteiger partial charge is 0.444 e. The number of ether oxygens (including phenoxy) is 1. The molecule has 3 nitrogen and oxygen atoms in total. The van der Waals surface area contributed by atoms with Gasteiger partial charge in [0, 0.05) is 18.5 Å². The first kappa shape index (κ1) is 14.8. The Labute approximate surface area is 99.2 Å². The third-order valence-corrected chi connectivity index (χ3v) is 1.90. The van der Waals surface area contributed by atoms with Crippen molar-refractivity contribution in [3.63, 3.8) is 0 Å². The zero-order valence-corrected chi connectivity index (χ0v) is 11.3. The van der Waals surface area contributed by atoms with E-state index >= 15 is 0 Å². The minimum atomic E-state index is -0.475. The molecule has 3 heteroatoms. The number of carbonyl (C=O) groups is 1. The zero-order chi connectivity index (χ0) is 13.0. The van der Waals surface area contributed by atoms with Gasteiger partial charge in [-0.1, -0.05) is 0 Å². The summed E-state index contributed by atoms with van der Waals surface area (Å²) in [6.07, 6.45) is 5.45. The lowest BCUT2D eigenvalue weighted by Crippen LogP contribution is -2.48. The smallest absolute Gasteiger partial charge is 0.410 e. The fraction of sp³-hybridized carbons (Fsp3) is 0.769. The summed E-state index contributed by atoms with van der Waals surface area (Å²) in [7, 11) is 0. The summed E-state index contributed by atoms with van der Waals surface area (Å²) in [4.78, 5) is 13.6. The van der Waals surface area contributed by atoms with Gasteiger partial charge >= 0.3 is 6.09 Å². The molecular formula is C13H23NO2. The summed E-state index contributed by atoms with van der Waals surface area (Å²) in [6, 6.07) is 0. The highest BCUT2D eigenvalue weighted by Gasteiger charge is 2.29. The van der Waals surface area contributed by atoms with Gasteiger partial charge in [0.05, 0.1) is 0 Å². The van der Waals surface area contributed by atoms with Gasteiger partial charge in [-0.25, -0.2) is 4.79 Å². The maximum absolute atomic E-state index is 11.9. The molecule has 0 aromatic rings. The highest BCUT2D eigenvalue weighted by molar-refractivity contribution is 5.69. The van der Waals surface area contributed by atoms with Gasteiger partial charge in [0.1, 0.15) is 5.60 Å². The Kier molecular flexibility index (Phi) is 4.86. The minimum absolute atomic E-state index is 0.279. The first-order valence-corrected chi connectivity index (χ1v) is 5.52. The van der Waals surface area contributed by atoms with Gasteiger partial charge in [-0.3, -0.25) is 0 Å². The molecule has 0 aromatic carbocycles. The van der Waals surface area contributed by atoms with Gasteiger partial charge in [-0.15, -0.1) is 12.3 Å². The van der Waals surface area contributed by atoms with E-state index in [1.165, 1.54) is 0 Å². The first-order chi connectivity index (χ1) is 7.08. The van der Waals surface area contributed by atoms with Crippen molar-refractivity contribution in [3.8, 4) is 12.3 Å². The van der Waals surface area contributed by atoms with E-state index in [-0.39, 0.29) is 11.6 Å². The number of terminal acetylenes is 1. The van der Waals surface area contributed by atoms with Gasteiger partial charge in [0.2, 0.25) is 0 Å². The topological polar surface area (TPSA) is 29.5 Å². The maximum atomic E-state index is 11.9. The van der Waals surface area contributed by atoms with Crippen LogP contribution in [0.1, 0.15) is 48.0 Å².